The molecule has 0 aromatic heterocycles. The Morgan fingerprint density at radius 1 is 1.40 bits per heavy atom. The van der Waals surface area contributed by atoms with E-state index in [-0.39, 0.29) is 23.7 Å². The fourth-order valence-corrected chi connectivity index (χ4v) is 1.65. The number of amides is 3. The van der Waals surface area contributed by atoms with E-state index in [0.29, 0.717) is 5.75 Å². The lowest BCUT2D eigenvalue weighted by atomic mass is 10.2. The second-order valence-corrected chi connectivity index (χ2v) is 4.71. The summed E-state index contributed by atoms with van der Waals surface area (Å²) in [6, 6.07) is -0.498. The standard InChI is InChI=1S/C9H18N2O3S/c1-6(4-12)5-15-7(2)8(13)11-9(14)10-3/h6-7,12H,4-5H2,1-3H3,(H2,10,11,13,14). The summed E-state index contributed by atoms with van der Waals surface area (Å²) in [5.41, 5.74) is 0. The molecule has 88 valence electrons. The van der Waals surface area contributed by atoms with Crippen LogP contribution in [0.25, 0.3) is 0 Å². The van der Waals surface area contributed by atoms with Gasteiger partial charge in [-0.1, -0.05) is 6.92 Å². The molecule has 15 heavy (non-hydrogen) atoms. The van der Waals surface area contributed by atoms with Crippen molar-refractivity contribution in [2.24, 2.45) is 5.92 Å². The summed E-state index contributed by atoms with van der Waals surface area (Å²) < 4.78 is 0. The lowest BCUT2D eigenvalue weighted by Crippen LogP contribution is -2.41. The van der Waals surface area contributed by atoms with E-state index < -0.39 is 6.03 Å². The highest BCUT2D eigenvalue weighted by atomic mass is 32.2. The summed E-state index contributed by atoms with van der Waals surface area (Å²) in [6.45, 7) is 3.74. The van der Waals surface area contributed by atoms with Crippen molar-refractivity contribution < 1.29 is 14.7 Å². The molecule has 2 atom stereocenters. The van der Waals surface area contributed by atoms with Crippen LogP contribution in [0.15, 0.2) is 0 Å². The first-order chi connectivity index (χ1) is 7.01. The summed E-state index contributed by atoms with van der Waals surface area (Å²) in [5.74, 6) is 0.536. The Bertz CT molecular complexity index is 223. The number of nitrogens with one attached hydrogen (secondary N) is 2. The molecule has 0 rings (SSSR count). The molecule has 6 heteroatoms. The monoisotopic (exact) mass is 234 g/mol. The number of thioether (sulfide) groups is 1. The molecule has 0 spiro atoms. The number of imide groups is 1. The average Bonchev–Trinajstić information content (AvgIpc) is 2.24. The van der Waals surface area contributed by atoms with Gasteiger partial charge in [0.15, 0.2) is 0 Å². The smallest absolute Gasteiger partial charge is 0.321 e. The lowest BCUT2D eigenvalue weighted by molar-refractivity contribution is -0.119. The van der Waals surface area contributed by atoms with E-state index >= 15 is 0 Å². The zero-order chi connectivity index (χ0) is 11.8. The second-order valence-electron chi connectivity index (χ2n) is 3.33. The maximum absolute atomic E-state index is 11.4. The van der Waals surface area contributed by atoms with E-state index in [1.54, 1.807) is 6.92 Å². The number of rotatable bonds is 5. The van der Waals surface area contributed by atoms with Crippen LogP contribution in [0.3, 0.4) is 0 Å². The molecule has 0 saturated heterocycles. The van der Waals surface area contributed by atoms with Crippen molar-refractivity contribution >= 4 is 23.7 Å². The van der Waals surface area contributed by atoms with Gasteiger partial charge in [-0.15, -0.1) is 11.8 Å². The molecule has 5 nitrogen and oxygen atoms in total. The minimum Gasteiger partial charge on any atom is -0.396 e. The first-order valence-corrected chi connectivity index (χ1v) is 5.81. The zero-order valence-corrected chi connectivity index (χ0v) is 10.1. The van der Waals surface area contributed by atoms with Gasteiger partial charge in [-0.3, -0.25) is 10.1 Å². The van der Waals surface area contributed by atoms with E-state index in [0.717, 1.165) is 0 Å². The predicted molar refractivity (Wildman–Crippen MR) is 60.8 cm³/mol. The Kier molecular flexibility index (Phi) is 7.15. The van der Waals surface area contributed by atoms with Crippen molar-refractivity contribution in [3.8, 4) is 0 Å². The number of aliphatic hydroxyl groups excluding tert-OH is 1. The van der Waals surface area contributed by atoms with Crippen LogP contribution in [0, 0.1) is 5.92 Å². The van der Waals surface area contributed by atoms with E-state index in [2.05, 4.69) is 10.6 Å². The molecule has 0 aliphatic rings. The van der Waals surface area contributed by atoms with Crippen LogP contribution < -0.4 is 10.6 Å². The predicted octanol–water partition coefficient (Wildman–Crippen LogP) is 0.192. The van der Waals surface area contributed by atoms with Gasteiger partial charge < -0.3 is 10.4 Å². The van der Waals surface area contributed by atoms with Gasteiger partial charge in [-0.05, 0) is 18.6 Å². The Morgan fingerprint density at radius 3 is 2.47 bits per heavy atom. The largest absolute Gasteiger partial charge is 0.396 e. The van der Waals surface area contributed by atoms with Crippen LogP contribution in [-0.4, -0.2) is 41.7 Å². The first-order valence-electron chi connectivity index (χ1n) is 4.76. The van der Waals surface area contributed by atoms with Gasteiger partial charge in [0.1, 0.15) is 0 Å². The molecular weight excluding hydrogens is 216 g/mol. The Balaban J connectivity index is 3.84. The zero-order valence-electron chi connectivity index (χ0n) is 9.24. The molecule has 3 N–H and O–H groups in total. The second kappa shape index (κ2) is 7.53. The molecule has 0 aromatic rings. The topological polar surface area (TPSA) is 78.4 Å². The molecule has 0 heterocycles. The van der Waals surface area contributed by atoms with Crippen molar-refractivity contribution in [1.82, 2.24) is 10.6 Å². The van der Waals surface area contributed by atoms with Crippen molar-refractivity contribution in [2.75, 3.05) is 19.4 Å². The van der Waals surface area contributed by atoms with Gasteiger partial charge in [-0.25, -0.2) is 4.79 Å². The van der Waals surface area contributed by atoms with E-state index in [1.807, 2.05) is 6.92 Å². The van der Waals surface area contributed by atoms with E-state index in [9.17, 15) is 9.59 Å². The minimum absolute atomic E-state index is 0.108. The van der Waals surface area contributed by atoms with Crippen molar-refractivity contribution in [2.45, 2.75) is 19.1 Å². The highest BCUT2D eigenvalue weighted by molar-refractivity contribution is 8.00. The van der Waals surface area contributed by atoms with Gasteiger partial charge in [-0.2, -0.15) is 0 Å². The molecule has 0 bridgehead atoms. The average molecular weight is 234 g/mol. The third kappa shape index (κ3) is 6.35. The maximum Gasteiger partial charge on any atom is 0.321 e. The fraction of sp³-hybridized carbons (Fsp3) is 0.778. The number of carbonyl (C=O) groups is 2. The highest BCUT2D eigenvalue weighted by Gasteiger charge is 2.16. The number of aliphatic hydroxyl groups is 1. The number of carbonyl (C=O) groups excluding carboxylic acids is 2. The SMILES string of the molecule is CNC(=O)NC(=O)C(C)SCC(C)CO. The summed E-state index contributed by atoms with van der Waals surface area (Å²) in [5, 5.41) is 13.0. The quantitative estimate of drug-likeness (QED) is 0.634. The Labute approximate surface area is 94.0 Å². The summed E-state index contributed by atoms with van der Waals surface area (Å²) >= 11 is 1.42. The number of hydrogen-bond donors (Lipinski definition) is 3. The fourth-order valence-electron chi connectivity index (χ4n) is 0.713. The van der Waals surface area contributed by atoms with Gasteiger partial charge in [0.2, 0.25) is 5.91 Å². The highest BCUT2D eigenvalue weighted by Crippen LogP contribution is 2.14. The van der Waals surface area contributed by atoms with Crippen LogP contribution in [-0.2, 0) is 4.79 Å². The van der Waals surface area contributed by atoms with Crippen molar-refractivity contribution in [1.29, 1.82) is 0 Å². The van der Waals surface area contributed by atoms with E-state index in [4.69, 9.17) is 5.11 Å². The van der Waals surface area contributed by atoms with E-state index in [1.165, 1.54) is 18.8 Å². The third-order valence-electron chi connectivity index (χ3n) is 1.78. The summed E-state index contributed by atoms with van der Waals surface area (Å²) in [7, 11) is 1.45. The van der Waals surface area contributed by atoms with Crippen LogP contribution in [0.4, 0.5) is 4.79 Å². The summed E-state index contributed by atoms with van der Waals surface area (Å²) in [6.07, 6.45) is 0. The molecule has 0 saturated carbocycles. The number of hydrogen-bond acceptors (Lipinski definition) is 4. The van der Waals surface area contributed by atoms with Crippen LogP contribution >= 0.6 is 11.8 Å². The molecule has 2 unspecified atom stereocenters. The third-order valence-corrected chi connectivity index (χ3v) is 3.25. The summed E-state index contributed by atoms with van der Waals surface area (Å²) in [4.78, 5) is 22.2. The van der Waals surface area contributed by atoms with Crippen LogP contribution in [0.5, 0.6) is 0 Å². The molecule has 0 radical (unpaired) electrons. The molecule has 3 amide bonds. The van der Waals surface area contributed by atoms with Gasteiger partial charge in [0.25, 0.3) is 0 Å². The van der Waals surface area contributed by atoms with Gasteiger partial charge in [0.05, 0.1) is 5.25 Å². The number of urea groups is 1. The van der Waals surface area contributed by atoms with Gasteiger partial charge in [0, 0.05) is 13.7 Å². The molecule has 0 fully saturated rings. The molecule has 0 aromatic carbocycles. The Morgan fingerprint density at radius 2 is 2.00 bits per heavy atom. The molecule has 0 aliphatic heterocycles. The molecule has 0 aliphatic carbocycles. The van der Waals surface area contributed by atoms with Crippen LogP contribution in [0.2, 0.25) is 0 Å². The molecular formula is C9H18N2O3S. The van der Waals surface area contributed by atoms with Crippen molar-refractivity contribution in [3.05, 3.63) is 0 Å². The maximum atomic E-state index is 11.4. The van der Waals surface area contributed by atoms with Crippen LogP contribution in [0.1, 0.15) is 13.8 Å². The van der Waals surface area contributed by atoms with Gasteiger partial charge >= 0.3 is 6.03 Å². The normalized spacial score (nSPS) is 14.1. The van der Waals surface area contributed by atoms with Crippen molar-refractivity contribution in [3.63, 3.8) is 0 Å². The minimum atomic E-state index is -0.498. The Hall–Kier alpha value is -0.750. The first kappa shape index (κ1) is 14.2. The lowest BCUT2D eigenvalue weighted by Gasteiger charge is -2.13.